The number of nitrogens with one attached hydrogen (secondary N) is 1. The molecule has 4 aromatic rings. The maximum Gasteiger partial charge on any atom is 0.386 e. The molecule has 246 valence electrons. The van der Waals surface area contributed by atoms with Gasteiger partial charge in [0.1, 0.15) is 41.9 Å². The van der Waals surface area contributed by atoms with Crippen molar-refractivity contribution in [1.82, 2.24) is 39.0 Å². The number of hydrogen-bond donors (Lipinski definition) is 5. The minimum Gasteiger partial charge on any atom is -0.382 e. The third-order valence-corrected chi connectivity index (χ3v) is 11.2. The van der Waals surface area contributed by atoms with E-state index in [1.165, 1.54) is 21.8 Å². The predicted octanol–water partition coefficient (Wildman–Crippen LogP) is 0.919. The second kappa shape index (κ2) is 10.7. The number of rotatable bonds is 2. The van der Waals surface area contributed by atoms with Gasteiger partial charge in [-0.25, -0.2) is 33.5 Å². The molecule has 0 spiro atoms. The van der Waals surface area contributed by atoms with E-state index < -0.39 is 81.0 Å². The van der Waals surface area contributed by atoms with Crippen LogP contribution in [-0.2, 0) is 41.4 Å². The minimum atomic E-state index is -4.45. The highest BCUT2D eigenvalue weighted by Crippen LogP contribution is 2.63. The summed E-state index contributed by atoms with van der Waals surface area (Å²) in [5, 5.41) is 0. The Hall–Kier alpha value is -2.69. The molecule has 4 aromatic heterocycles. The van der Waals surface area contributed by atoms with Crippen molar-refractivity contribution in [1.29, 1.82) is 0 Å². The van der Waals surface area contributed by atoms with E-state index in [-0.39, 0.29) is 29.5 Å². The summed E-state index contributed by atoms with van der Waals surface area (Å²) in [4.78, 5) is 35.1. The van der Waals surface area contributed by atoms with E-state index in [0.717, 1.165) is 6.33 Å². The van der Waals surface area contributed by atoms with Gasteiger partial charge in [-0.1, -0.05) is 24.5 Å². The van der Waals surface area contributed by atoms with E-state index in [0.29, 0.717) is 11.2 Å². The number of halogens is 1. The summed E-state index contributed by atoms with van der Waals surface area (Å²) < 4.78 is 86.8. The molecule has 0 saturated carbocycles. The van der Waals surface area contributed by atoms with E-state index in [2.05, 4.69) is 54.4 Å². The van der Waals surface area contributed by atoms with Gasteiger partial charge in [-0.2, -0.15) is 4.98 Å². The topological polar surface area (TPSA) is 258 Å². The molecule has 0 aromatic carbocycles. The van der Waals surface area contributed by atoms with Gasteiger partial charge in [0.2, 0.25) is 5.95 Å². The van der Waals surface area contributed by atoms with Crippen LogP contribution in [0.25, 0.3) is 22.3 Å². The molecule has 8 rings (SSSR count). The number of thiol groups is 2. The molecule has 8 heterocycles. The molecule has 0 unspecified atom stereocenters. The molecule has 4 aliphatic rings. The van der Waals surface area contributed by atoms with Crippen LogP contribution in [0.4, 0.5) is 16.2 Å². The van der Waals surface area contributed by atoms with Crippen LogP contribution in [0.5, 0.6) is 0 Å². The lowest BCUT2D eigenvalue weighted by atomic mass is 10.0. The number of nitrogen functional groups attached to an aromatic ring is 2. The highest BCUT2D eigenvalue weighted by atomic mass is 32.7. The first-order valence-electron chi connectivity index (χ1n) is 13.4. The Morgan fingerprint density at radius 3 is 2.50 bits per heavy atom. The zero-order valence-electron chi connectivity index (χ0n) is 22.9. The normalized spacial score (nSPS) is 39.7. The summed E-state index contributed by atoms with van der Waals surface area (Å²) in [6, 6.07) is 0. The van der Waals surface area contributed by atoms with Crippen molar-refractivity contribution in [2.24, 2.45) is 0 Å². The number of anilines is 2. The van der Waals surface area contributed by atoms with E-state index in [1.807, 2.05) is 0 Å². The summed E-state index contributed by atoms with van der Waals surface area (Å²) in [6.45, 7) is -10.1. The summed E-state index contributed by atoms with van der Waals surface area (Å²) in [7, 11) is 0. The van der Waals surface area contributed by atoms with Crippen LogP contribution in [0, 0.1) is 0 Å². The molecule has 4 aliphatic heterocycles. The number of fused-ring (bicyclic) bond motifs is 4. The molecule has 25 heteroatoms. The average Bonchev–Trinajstić information content (AvgIpc) is 3.80. The Morgan fingerprint density at radius 2 is 1.70 bits per heavy atom. The molecule has 4 fully saturated rings. The standard InChI is InChI=1S/C21H23FN10O10P2S2/c22-8-7-1-37-43(34,45)42-13-12-19(31-5-27-9-14(23)25-4-26-15(9)31)40-21(13,2-36-12)3-38-44(35,46)41-11(8)18(39-7)32-6-28-10-16(32)29-20(24)30-17(10)33/h4-8,11-13,18-19H,1-3H2,(H,34,45)(H,35,46)(H2,23,25,26)(H3,24,29,30,33)/t7-,8-,11-,12-,13+,18-,19-,21-,43-,44+/m1/s1. The van der Waals surface area contributed by atoms with Gasteiger partial charge in [0, 0.05) is 0 Å². The first-order valence-corrected chi connectivity index (χ1v) is 18.8. The van der Waals surface area contributed by atoms with Gasteiger partial charge >= 0.3 is 13.6 Å². The van der Waals surface area contributed by atoms with Gasteiger partial charge in [-0.3, -0.25) is 37.0 Å². The Bertz CT molecular complexity index is 2040. The Morgan fingerprint density at radius 1 is 0.957 bits per heavy atom. The van der Waals surface area contributed by atoms with Gasteiger partial charge in [-0.05, 0) is 0 Å². The number of aromatic nitrogens is 8. The molecule has 0 amide bonds. The zero-order chi connectivity index (χ0) is 32.2. The number of nitrogens with two attached hydrogens (primary N) is 2. The molecule has 10 atom stereocenters. The molecule has 20 nitrogen and oxygen atoms in total. The third-order valence-electron chi connectivity index (χ3n) is 8.00. The van der Waals surface area contributed by atoms with Crippen LogP contribution in [0.3, 0.4) is 0 Å². The lowest BCUT2D eigenvalue weighted by Crippen LogP contribution is -2.45. The molecule has 0 aliphatic carbocycles. The van der Waals surface area contributed by atoms with E-state index in [1.54, 1.807) is 0 Å². The largest absolute Gasteiger partial charge is 0.386 e. The first-order chi connectivity index (χ1) is 21.8. The van der Waals surface area contributed by atoms with Crippen molar-refractivity contribution in [2.45, 2.75) is 48.6 Å². The quantitative estimate of drug-likeness (QED) is 0.142. The third kappa shape index (κ3) is 4.88. The summed E-state index contributed by atoms with van der Waals surface area (Å²) >= 11 is 8.23. The fourth-order valence-electron chi connectivity index (χ4n) is 5.94. The summed E-state index contributed by atoms with van der Waals surface area (Å²) in [5.74, 6) is -0.115. The second-order valence-electron chi connectivity index (χ2n) is 10.8. The highest BCUT2D eigenvalue weighted by Gasteiger charge is 2.66. The van der Waals surface area contributed by atoms with Crippen molar-refractivity contribution >= 4 is 72.2 Å². The Labute approximate surface area is 266 Å². The summed E-state index contributed by atoms with van der Waals surface area (Å²) in [5.41, 5.74) is 9.82. The molecule has 4 bridgehead atoms. The van der Waals surface area contributed by atoms with Crippen LogP contribution >= 0.6 is 38.1 Å². The number of alkyl halides is 1. The van der Waals surface area contributed by atoms with E-state index in [9.17, 15) is 13.9 Å². The van der Waals surface area contributed by atoms with Gasteiger partial charge in [0.05, 0.1) is 32.5 Å². The van der Waals surface area contributed by atoms with Crippen LogP contribution in [0.2, 0.25) is 0 Å². The van der Waals surface area contributed by atoms with Crippen LogP contribution in [0.1, 0.15) is 12.5 Å². The van der Waals surface area contributed by atoms with Crippen molar-refractivity contribution in [3.8, 4) is 0 Å². The number of hydrogen-bond acceptors (Lipinski definition) is 17. The van der Waals surface area contributed by atoms with Crippen molar-refractivity contribution in [3.63, 3.8) is 0 Å². The van der Waals surface area contributed by atoms with Crippen molar-refractivity contribution in [3.05, 3.63) is 29.3 Å². The van der Waals surface area contributed by atoms with Crippen LogP contribution in [-0.4, -0.2) is 95.0 Å². The maximum atomic E-state index is 15.9. The molecular formula is C21H23FN10O10P2S2. The van der Waals surface area contributed by atoms with Crippen molar-refractivity contribution < 1.29 is 45.8 Å². The minimum absolute atomic E-state index is 0.0758. The molecule has 46 heavy (non-hydrogen) atoms. The van der Waals surface area contributed by atoms with Gasteiger partial charge in [-0.15, -0.1) is 0 Å². The number of nitrogens with zero attached hydrogens (tertiary/aromatic N) is 7. The van der Waals surface area contributed by atoms with Gasteiger partial charge < -0.3 is 25.7 Å². The van der Waals surface area contributed by atoms with E-state index >= 15 is 4.39 Å². The number of ether oxygens (including phenoxy) is 3. The molecular weight excluding hydrogens is 697 g/mol. The van der Waals surface area contributed by atoms with Gasteiger partial charge in [0.25, 0.3) is 5.56 Å². The van der Waals surface area contributed by atoms with Crippen LogP contribution in [0.15, 0.2) is 23.8 Å². The first kappa shape index (κ1) is 30.6. The summed E-state index contributed by atoms with van der Waals surface area (Å²) in [6.07, 6.45) is -5.94. The van der Waals surface area contributed by atoms with Gasteiger partial charge in [0.15, 0.2) is 41.3 Å². The predicted molar refractivity (Wildman–Crippen MR) is 159 cm³/mol. The number of H-pyrrole nitrogens is 1. The maximum absolute atomic E-state index is 15.9. The average molecular weight is 721 g/mol. The molecule has 0 radical (unpaired) electrons. The molecule has 5 N–H and O–H groups in total. The second-order valence-corrected chi connectivity index (χ2v) is 16.6. The Kier molecular flexibility index (Phi) is 7.10. The van der Waals surface area contributed by atoms with E-state index in [4.69, 9.17) is 43.8 Å². The monoisotopic (exact) mass is 720 g/mol. The molecule has 4 saturated heterocycles. The smallest absolute Gasteiger partial charge is 0.382 e. The van der Waals surface area contributed by atoms with Crippen LogP contribution < -0.4 is 17.0 Å². The van der Waals surface area contributed by atoms with Crippen molar-refractivity contribution in [2.75, 3.05) is 31.3 Å². The highest BCUT2D eigenvalue weighted by molar-refractivity contribution is 8.44. The lowest BCUT2D eigenvalue weighted by molar-refractivity contribution is -0.182. The number of aromatic amines is 1. The SMILES string of the molecule is Nc1nc2c(ncn2[C@@H]2O[C@@H]3CO[P@@](=O)(S)O[C@H]4[C@H]5OC[C@]4(CO[P@](=O)(S)O[C@@H]2[C@@H]3F)O[C@H]5n2cnc3c(N)ncnc32)c(=O)[nH]1. The Balaban J connectivity index is 1.14. The fraction of sp³-hybridized carbons (Fsp3) is 0.524. The fourth-order valence-corrected chi connectivity index (χ4v) is 8.91. The lowest BCUT2D eigenvalue weighted by Gasteiger charge is -2.32. The number of imidazole rings is 2. The zero-order valence-corrected chi connectivity index (χ0v) is 26.5.